The molecule has 0 aliphatic rings. The van der Waals surface area contributed by atoms with Crippen molar-refractivity contribution < 1.29 is 9.90 Å². The van der Waals surface area contributed by atoms with Gasteiger partial charge in [0.15, 0.2) is 0 Å². The van der Waals surface area contributed by atoms with Crippen LogP contribution in [-0.2, 0) is 11.3 Å². The number of hydrogen-bond acceptors (Lipinski definition) is 3. The first kappa shape index (κ1) is 14.4. The van der Waals surface area contributed by atoms with Crippen molar-refractivity contribution in [3.05, 3.63) is 53.3 Å². The SMILES string of the molecule is Cc1nc2ccccc2n1CC(=O)Nc1cc(Cl)ccc1O. The van der Waals surface area contributed by atoms with Crippen LogP contribution in [0.5, 0.6) is 5.75 Å². The van der Waals surface area contributed by atoms with E-state index in [0.717, 1.165) is 16.9 Å². The van der Waals surface area contributed by atoms with Gasteiger partial charge in [-0.1, -0.05) is 23.7 Å². The number of aryl methyl sites for hydroxylation is 1. The number of anilines is 1. The second kappa shape index (κ2) is 5.69. The van der Waals surface area contributed by atoms with Crippen LogP contribution in [0.3, 0.4) is 0 Å². The number of benzene rings is 2. The fraction of sp³-hybridized carbons (Fsp3) is 0.125. The van der Waals surface area contributed by atoms with Gasteiger partial charge in [0, 0.05) is 5.02 Å². The van der Waals surface area contributed by atoms with Crippen molar-refractivity contribution in [1.82, 2.24) is 9.55 Å². The quantitative estimate of drug-likeness (QED) is 0.728. The topological polar surface area (TPSA) is 67.2 Å². The van der Waals surface area contributed by atoms with Crippen molar-refractivity contribution in [3.8, 4) is 5.75 Å². The van der Waals surface area contributed by atoms with Crippen molar-refractivity contribution in [1.29, 1.82) is 0 Å². The second-order valence-electron chi connectivity index (χ2n) is 4.94. The Morgan fingerprint density at radius 1 is 1.32 bits per heavy atom. The highest BCUT2D eigenvalue weighted by Crippen LogP contribution is 2.26. The predicted octanol–water partition coefficient (Wildman–Crippen LogP) is 3.34. The first-order valence-electron chi connectivity index (χ1n) is 6.75. The van der Waals surface area contributed by atoms with Gasteiger partial charge in [-0.15, -0.1) is 0 Å². The molecule has 0 fully saturated rings. The maximum atomic E-state index is 12.2. The van der Waals surface area contributed by atoms with E-state index in [1.165, 1.54) is 12.1 Å². The van der Waals surface area contributed by atoms with Gasteiger partial charge in [0.05, 0.1) is 16.7 Å². The molecular weight excluding hydrogens is 302 g/mol. The Morgan fingerprint density at radius 2 is 2.09 bits per heavy atom. The van der Waals surface area contributed by atoms with E-state index in [1.807, 2.05) is 35.8 Å². The zero-order chi connectivity index (χ0) is 15.7. The average Bonchev–Trinajstić information content (AvgIpc) is 2.79. The Hall–Kier alpha value is -2.53. The molecule has 3 aromatic rings. The predicted molar refractivity (Wildman–Crippen MR) is 86.2 cm³/mol. The Bertz CT molecular complexity index is 858. The summed E-state index contributed by atoms with van der Waals surface area (Å²) in [4.78, 5) is 16.6. The molecule has 0 spiro atoms. The molecule has 0 atom stereocenters. The van der Waals surface area contributed by atoms with Crippen molar-refractivity contribution in [2.75, 3.05) is 5.32 Å². The van der Waals surface area contributed by atoms with Crippen molar-refractivity contribution in [3.63, 3.8) is 0 Å². The van der Waals surface area contributed by atoms with E-state index in [4.69, 9.17) is 11.6 Å². The van der Waals surface area contributed by atoms with Crippen LogP contribution in [-0.4, -0.2) is 20.6 Å². The fourth-order valence-corrected chi connectivity index (χ4v) is 2.51. The number of rotatable bonds is 3. The largest absolute Gasteiger partial charge is 0.506 e. The molecule has 1 amide bonds. The molecule has 0 saturated heterocycles. The Kier molecular flexibility index (Phi) is 3.73. The van der Waals surface area contributed by atoms with Crippen molar-refractivity contribution in [2.24, 2.45) is 0 Å². The van der Waals surface area contributed by atoms with Gasteiger partial charge in [0.1, 0.15) is 18.1 Å². The number of hydrogen-bond donors (Lipinski definition) is 2. The second-order valence-corrected chi connectivity index (χ2v) is 5.38. The Balaban J connectivity index is 1.84. The number of nitrogens with one attached hydrogen (secondary N) is 1. The van der Waals surface area contributed by atoms with Crippen LogP contribution in [0.2, 0.25) is 5.02 Å². The number of para-hydroxylation sites is 2. The normalized spacial score (nSPS) is 10.8. The molecule has 0 aliphatic heterocycles. The minimum absolute atomic E-state index is 0.0232. The van der Waals surface area contributed by atoms with E-state index in [-0.39, 0.29) is 18.2 Å². The molecular formula is C16H14ClN3O2. The van der Waals surface area contributed by atoms with Crippen LogP contribution in [0, 0.1) is 6.92 Å². The van der Waals surface area contributed by atoms with Gasteiger partial charge >= 0.3 is 0 Å². The molecule has 6 heteroatoms. The third-order valence-corrected chi connectivity index (χ3v) is 3.61. The molecule has 2 N–H and O–H groups in total. The first-order chi connectivity index (χ1) is 10.5. The van der Waals surface area contributed by atoms with E-state index in [9.17, 15) is 9.90 Å². The number of fused-ring (bicyclic) bond motifs is 1. The number of nitrogens with zero attached hydrogens (tertiary/aromatic N) is 2. The van der Waals surface area contributed by atoms with Gasteiger partial charge in [-0.2, -0.15) is 0 Å². The highest BCUT2D eigenvalue weighted by Gasteiger charge is 2.12. The zero-order valence-corrected chi connectivity index (χ0v) is 12.6. The summed E-state index contributed by atoms with van der Waals surface area (Å²) in [6, 6.07) is 12.1. The third kappa shape index (κ3) is 2.76. The van der Waals surface area contributed by atoms with Gasteiger partial charge in [0.25, 0.3) is 0 Å². The van der Waals surface area contributed by atoms with Crippen molar-refractivity contribution >= 4 is 34.2 Å². The molecule has 0 bridgehead atoms. The lowest BCUT2D eigenvalue weighted by Crippen LogP contribution is -2.19. The number of aromatic hydroxyl groups is 1. The van der Waals surface area contributed by atoms with Gasteiger partial charge in [-0.05, 0) is 37.3 Å². The van der Waals surface area contributed by atoms with Crippen LogP contribution in [0.4, 0.5) is 5.69 Å². The summed E-state index contributed by atoms with van der Waals surface area (Å²) in [6.07, 6.45) is 0. The van der Waals surface area contributed by atoms with Crippen molar-refractivity contribution in [2.45, 2.75) is 13.5 Å². The molecule has 0 radical (unpaired) electrons. The molecule has 5 nitrogen and oxygen atoms in total. The molecule has 1 heterocycles. The average molecular weight is 316 g/mol. The van der Waals surface area contributed by atoms with Gasteiger partial charge in [-0.3, -0.25) is 4.79 Å². The maximum absolute atomic E-state index is 12.2. The van der Waals surface area contributed by atoms with Crippen LogP contribution >= 0.6 is 11.6 Å². The summed E-state index contributed by atoms with van der Waals surface area (Å²) in [5, 5.41) is 12.8. The van der Waals surface area contributed by atoms with Crippen LogP contribution in [0.15, 0.2) is 42.5 Å². The highest BCUT2D eigenvalue weighted by atomic mass is 35.5. The molecule has 0 unspecified atom stereocenters. The molecule has 0 saturated carbocycles. The van der Waals surface area contributed by atoms with E-state index < -0.39 is 0 Å². The first-order valence-corrected chi connectivity index (χ1v) is 7.12. The number of aromatic nitrogens is 2. The molecule has 112 valence electrons. The van der Waals surface area contributed by atoms with Crippen LogP contribution in [0.1, 0.15) is 5.82 Å². The van der Waals surface area contributed by atoms with Crippen LogP contribution < -0.4 is 5.32 Å². The van der Waals surface area contributed by atoms with E-state index in [1.54, 1.807) is 6.07 Å². The molecule has 2 aromatic carbocycles. The van der Waals surface area contributed by atoms with E-state index >= 15 is 0 Å². The molecule has 1 aromatic heterocycles. The summed E-state index contributed by atoms with van der Waals surface area (Å²) in [6.45, 7) is 1.96. The summed E-state index contributed by atoms with van der Waals surface area (Å²) < 4.78 is 1.83. The fourth-order valence-electron chi connectivity index (χ4n) is 2.34. The smallest absolute Gasteiger partial charge is 0.244 e. The number of phenols is 1. The van der Waals surface area contributed by atoms with E-state index in [0.29, 0.717) is 10.7 Å². The lowest BCUT2D eigenvalue weighted by molar-refractivity contribution is -0.116. The summed E-state index contributed by atoms with van der Waals surface area (Å²) >= 11 is 5.87. The summed E-state index contributed by atoms with van der Waals surface area (Å²) in [5.41, 5.74) is 2.03. The summed E-state index contributed by atoms with van der Waals surface area (Å²) in [7, 11) is 0. The standard InChI is InChI=1S/C16H14ClN3O2/c1-10-18-12-4-2-3-5-14(12)20(10)9-16(22)19-13-8-11(17)6-7-15(13)21/h2-8,21H,9H2,1H3,(H,19,22). The van der Waals surface area contributed by atoms with Gasteiger partial charge < -0.3 is 15.0 Å². The molecule has 0 aliphatic carbocycles. The number of imidazole rings is 1. The van der Waals surface area contributed by atoms with Gasteiger partial charge in [0.2, 0.25) is 5.91 Å². The maximum Gasteiger partial charge on any atom is 0.244 e. The molecule has 3 rings (SSSR count). The zero-order valence-electron chi connectivity index (χ0n) is 11.9. The number of phenolic OH excluding ortho intramolecular Hbond substituents is 1. The number of amides is 1. The minimum atomic E-state index is -0.260. The highest BCUT2D eigenvalue weighted by molar-refractivity contribution is 6.31. The Labute approximate surface area is 132 Å². The Morgan fingerprint density at radius 3 is 2.91 bits per heavy atom. The van der Waals surface area contributed by atoms with Crippen LogP contribution in [0.25, 0.3) is 11.0 Å². The monoisotopic (exact) mass is 315 g/mol. The number of carbonyl (C=O) groups excluding carboxylic acids is 1. The van der Waals surface area contributed by atoms with Gasteiger partial charge in [-0.25, -0.2) is 4.98 Å². The lowest BCUT2D eigenvalue weighted by Gasteiger charge is -2.10. The van der Waals surface area contributed by atoms with E-state index in [2.05, 4.69) is 10.3 Å². The lowest BCUT2D eigenvalue weighted by atomic mass is 10.3. The number of halogens is 1. The minimum Gasteiger partial charge on any atom is -0.506 e. The third-order valence-electron chi connectivity index (χ3n) is 3.38. The summed E-state index contributed by atoms with van der Waals surface area (Å²) in [5.74, 6) is 0.473. The number of carbonyl (C=O) groups is 1. The molecule has 22 heavy (non-hydrogen) atoms.